The van der Waals surface area contributed by atoms with E-state index in [4.69, 9.17) is 9.47 Å². The van der Waals surface area contributed by atoms with E-state index < -0.39 is 22.6 Å². The van der Waals surface area contributed by atoms with E-state index in [0.717, 1.165) is 49.7 Å². The SMILES string of the molecule is CN(C)CCCCCc1cn(C(=O)OC(C)(C)C)c(SC(=O)OC(C)(C)C)n1. The minimum atomic E-state index is -0.637. The largest absolute Gasteiger partial charge is 0.452 e. The molecule has 8 heteroatoms. The van der Waals surface area contributed by atoms with E-state index in [1.165, 1.54) is 4.57 Å². The summed E-state index contributed by atoms with van der Waals surface area (Å²) in [6.45, 7) is 11.8. The fourth-order valence-corrected chi connectivity index (χ4v) is 3.13. The lowest BCUT2D eigenvalue weighted by molar-refractivity contribution is 0.0522. The highest BCUT2D eigenvalue weighted by Crippen LogP contribution is 2.25. The maximum absolute atomic E-state index is 12.5. The highest BCUT2D eigenvalue weighted by molar-refractivity contribution is 8.13. The molecule has 0 unspecified atom stereocenters. The van der Waals surface area contributed by atoms with Crippen LogP contribution in [0.15, 0.2) is 11.4 Å². The lowest BCUT2D eigenvalue weighted by atomic mass is 10.1. The first kappa shape index (κ1) is 24.5. The molecule has 0 saturated carbocycles. The Morgan fingerprint density at radius 1 is 1.04 bits per heavy atom. The van der Waals surface area contributed by atoms with Crippen molar-refractivity contribution in [2.24, 2.45) is 0 Å². The third kappa shape index (κ3) is 10.1. The summed E-state index contributed by atoms with van der Waals surface area (Å²) in [5.74, 6) is 0. The van der Waals surface area contributed by atoms with Crippen molar-refractivity contribution in [1.82, 2.24) is 14.5 Å². The van der Waals surface area contributed by atoms with Gasteiger partial charge in [0, 0.05) is 18.0 Å². The van der Waals surface area contributed by atoms with Crippen molar-refractivity contribution in [1.29, 1.82) is 0 Å². The van der Waals surface area contributed by atoms with Gasteiger partial charge >= 0.3 is 11.4 Å². The number of unbranched alkanes of at least 4 members (excludes halogenated alkanes) is 2. The Bertz CT molecular complexity index is 657. The lowest BCUT2D eigenvalue weighted by Crippen LogP contribution is -2.27. The highest BCUT2D eigenvalue weighted by atomic mass is 32.2. The van der Waals surface area contributed by atoms with Gasteiger partial charge in [-0.3, -0.25) is 0 Å². The molecule has 0 saturated heterocycles. The fraction of sp³-hybridized carbons (Fsp3) is 0.750. The molecule has 1 aromatic heterocycles. The summed E-state index contributed by atoms with van der Waals surface area (Å²) in [6.07, 6.45) is 5.00. The molecule has 1 heterocycles. The van der Waals surface area contributed by atoms with E-state index >= 15 is 0 Å². The van der Waals surface area contributed by atoms with Crippen molar-refractivity contribution >= 4 is 23.2 Å². The quantitative estimate of drug-likeness (QED) is 0.355. The normalized spacial score (nSPS) is 12.3. The van der Waals surface area contributed by atoms with Gasteiger partial charge in [0.2, 0.25) is 0 Å². The molecule has 0 atom stereocenters. The van der Waals surface area contributed by atoms with Crippen LogP contribution in [0.2, 0.25) is 0 Å². The Hall–Kier alpha value is -1.54. The topological polar surface area (TPSA) is 73.7 Å². The first-order chi connectivity index (χ1) is 12.8. The van der Waals surface area contributed by atoms with Crippen LogP contribution in [-0.2, 0) is 15.9 Å². The number of nitrogens with zero attached hydrogens (tertiary/aromatic N) is 3. The van der Waals surface area contributed by atoms with E-state index in [9.17, 15) is 9.59 Å². The van der Waals surface area contributed by atoms with Crippen LogP contribution >= 0.6 is 11.8 Å². The van der Waals surface area contributed by atoms with Crippen LogP contribution < -0.4 is 0 Å². The lowest BCUT2D eigenvalue weighted by Gasteiger charge is -2.20. The van der Waals surface area contributed by atoms with Crippen LogP contribution in [0.4, 0.5) is 9.59 Å². The predicted molar refractivity (Wildman–Crippen MR) is 112 cm³/mol. The van der Waals surface area contributed by atoms with Crippen LogP contribution in [0.3, 0.4) is 0 Å². The maximum atomic E-state index is 12.5. The van der Waals surface area contributed by atoms with E-state index in [1.807, 2.05) is 0 Å². The zero-order valence-electron chi connectivity index (χ0n) is 18.5. The third-order valence-corrected chi connectivity index (χ3v) is 4.14. The molecule has 0 amide bonds. The third-order valence-electron chi connectivity index (χ3n) is 3.42. The van der Waals surface area contributed by atoms with Gasteiger partial charge in [0.1, 0.15) is 11.2 Å². The second-order valence-electron chi connectivity index (χ2n) is 9.05. The molecular formula is C20H35N3O4S. The Kier molecular flexibility index (Phi) is 9.01. The first-order valence-corrected chi connectivity index (χ1v) is 10.5. The molecule has 1 rings (SSSR count). The number of ether oxygens (including phenoxy) is 2. The Labute approximate surface area is 173 Å². The van der Waals surface area contributed by atoms with Crippen LogP contribution in [0, 0.1) is 0 Å². The molecule has 1 aromatic rings. The number of aryl methyl sites for hydroxylation is 1. The number of hydrogen-bond acceptors (Lipinski definition) is 7. The molecule has 0 aliphatic carbocycles. The van der Waals surface area contributed by atoms with Crippen LogP contribution in [0.5, 0.6) is 0 Å². The number of thioether (sulfide) groups is 1. The minimum Gasteiger partial charge on any atom is -0.452 e. The smallest absolute Gasteiger partial charge is 0.420 e. The van der Waals surface area contributed by atoms with Gasteiger partial charge in [-0.05, 0) is 81.4 Å². The molecule has 0 spiro atoms. The molecule has 7 nitrogen and oxygen atoms in total. The number of hydrogen-bond donors (Lipinski definition) is 0. The number of aromatic nitrogens is 2. The number of carbonyl (C=O) groups is 2. The average molecular weight is 414 g/mol. The molecule has 0 aromatic carbocycles. The average Bonchev–Trinajstić information content (AvgIpc) is 2.85. The fourth-order valence-electron chi connectivity index (χ4n) is 2.30. The molecule has 0 radical (unpaired) electrons. The highest BCUT2D eigenvalue weighted by Gasteiger charge is 2.25. The Balaban J connectivity index is 2.86. The summed E-state index contributed by atoms with van der Waals surface area (Å²) in [7, 11) is 4.12. The minimum absolute atomic E-state index is 0.270. The summed E-state index contributed by atoms with van der Waals surface area (Å²) in [6, 6.07) is 0. The Morgan fingerprint density at radius 3 is 2.18 bits per heavy atom. The number of rotatable bonds is 7. The molecule has 0 aliphatic rings. The summed E-state index contributed by atoms with van der Waals surface area (Å²) in [5, 5.41) is -0.229. The number of carbonyl (C=O) groups excluding carboxylic acids is 2. The van der Waals surface area contributed by atoms with Gasteiger partial charge in [0.05, 0.1) is 5.69 Å². The second-order valence-corrected chi connectivity index (χ2v) is 9.95. The molecule has 0 aliphatic heterocycles. The molecule has 28 heavy (non-hydrogen) atoms. The predicted octanol–water partition coefficient (Wildman–Crippen LogP) is 4.97. The van der Waals surface area contributed by atoms with Gasteiger partial charge in [0.15, 0.2) is 5.16 Å². The van der Waals surface area contributed by atoms with Gasteiger partial charge in [-0.1, -0.05) is 6.42 Å². The summed E-state index contributed by atoms with van der Waals surface area (Å²) >= 11 is 0.803. The van der Waals surface area contributed by atoms with Crippen molar-refractivity contribution in [3.8, 4) is 0 Å². The molecule has 160 valence electrons. The van der Waals surface area contributed by atoms with E-state index in [1.54, 1.807) is 47.7 Å². The van der Waals surface area contributed by atoms with Gasteiger partial charge in [0.25, 0.3) is 0 Å². The zero-order chi connectivity index (χ0) is 21.5. The van der Waals surface area contributed by atoms with Crippen molar-refractivity contribution in [3.63, 3.8) is 0 Å². The summed E-state index contributed by atoms with van der Waals surface area (Å²) in [5.41, 5.74) is -0.480. The van der Waals surface area contributed by atoms with Crippen LogP contribution in [0.25, 0.3) is 0 Å². The van der Waals surface area contributed by atoms with Gasteiger partial charge < -0.3 is 14.4 Å². The van der Waals surface area contributed by atoms with E-state index in [2.05, 4.69) is 24.0 Å². The van der Waals surface area contributed by atoms with Crippen molar-refractivity contribution in [3.05, 3.63) is 11.9 Å². The van der Waals surface area contributed by atoms with E-state index in [-0.39, 0.29) is 5.16 Å². The monoisotopic (exact) mass is 413 g/mol. The van der Waals surface area contributed by atoms with Gasteiger partial charge in [-0.2, -0.15) is 0 Å². The standard InChI is InChI=1S/C20H35N3O4S/c1-19(2,3)26-17(24)23-14-15(12-10-9-11-13-22(7)8)21-16(23)28-18(25)27-20(4,5)6/h14H,9-13H2,1-8H3. The molecular weight excluding hydrogens is 378 g/mol. The first-order valence-electron chi connectivity index (χ1n) is 9.64. The molecule has 0 N–H and O–H groups in total. The second kappa shape index (κ2) is 10.3. The van der Waals surface area contributed by atoms with Crippen molar-refractivity contribution < 1.29 is 19.1 Å². The summed E-state index contributed by atoms with van der Waals surface area (Å²) in [4.78, 5) is 31.4. The van der Waals surface area contributed by atoms with Gasteiger partial charge in [-0.25, -0.2) is 19.1 Å². The Morgan fingerprint density at radius 2 is 1.64 bits per heavy atom. The van der Waals surface area contributed by atoms with Crippen LogP contribution in [0.1, 0.15) is 66.5 Å². The van der Waals surface area contributed by atoms with Gasteiger partial charge in [-0.15, -0.1) is 0 Å². The number of imidazole rings is 1. The molecule has 0 bridgehead atoms. The maximum Gasteiger partial charge on any atom is 0.420 e. The van der Waals surface area contributed by atoms with Crippen LogP contribution in [-0.4, -0.2) is 57.7 Å². The summed E-state index contributed by atoms with van der Waals surface area (Å²) < 4.78 is 12.1. The van der Waals surface area contributed by atoms with E-state index in [0.29, 0.717) is 0 Å². The molecule has 0 fully saturated rings. The van der Waals surface area contributed by atoms with Crippen molar-refractivity contribution in [2.45, 2.75) is 83.6 Å². The van der Waals surface area contributed by atoms with Crippen molar-refractivity contribution in [2.75, 3.05) is 20.6 Å². The zero-order valence-corrected chi connectivity index (χ0v) is 19.3.